The van der Waals surface area contributed by atoms with Gasteiger partial charge < -0.3 is 24.6 Å². The van der Waals surface area contributed by atoms with Crippen LogP contribution in [0.1, 0.15) is 17.3 Å². The van der Waals surface area contributed by atoms with Crippen LogP contribution in [0.3, 0.4) is 0 Å². The number of hydrogen-bond donors (Lipinski definition) is 2. The first kappa shape index (κ1) is 16.3. The lowest BCUT2D eigenvalue weighted by Gasteiger charge is -2.16. The topological polar surface area (TPSA) is 77.0 Å². The fraction of sp³-hybridized carbons (Fsp3) is 0.500. The lowest BCUT2D eigenvalue weighted by molar-refractivity contribution is 0.0839. The van der Waals surface area contributed by atoms with Crippen LogP contribution >= 0.6 is 0 Å². The Bertz CT molecular complexity index is 436. The van der Waals surface area contributed by atoms with E-state index in [1.165, 1.54) is 14.2 Å². The molecular formula is C14H21NO5. The Balaban J connectivity index is 2.82. The Hall–Kier alpha value is -1.79. The first-order chi connectivity index (χ1) is 9.65. The number of carbonyl (C=O) groups is 1. The van der Waals surface area contributed by atoms with Gasteiger partial charge >= 0.3 is 0 Å². The number of benzene rings is 1. The smallest absolute Gasteiger partial charge is 0.251 e. The molecule has 6 nitrogen and oxygen atoms in total. The minimum absolute atomic E-state index is 0.187. The summed E-state index contributed by atoms with van der Waals surface area (Å²) in [6.45, 7) is 2.45. The van der Waals surface area contributed by atoms with Crippen molar-refractivity contribution in [3.05, 3.63) is 23.8 Å². The van der Waals surface area contributed by atoms with Gasteiger partial charge in [0.25, 0.3) is 5.91 Å². The van der Waals surface area contributed by atoms with Crippen LogP contribution in [-0.2, 0) is 4.74 Å². The molecule has 1 aromatic carbocycles. The predicted molar refractivity (Wildman–Crippen MR) is 74.4 cm³/mol. The molecule has 0 heterocycles. The monoisotopic (exact) mass is 283 g/mol. The summed E-state index contributed by atoms with van der Waals surface area (Å²) in [5, 5.41) is 11.8. The Morgan fingerprint density at radius 1 is 1.35 bits per heavy atom. The highest BCUT2D eigenvalue weighted by Crippen LogP contribution is 2.27. The standard InChI is InChI=1S/C14H21NO5/c1-4-20-12-6-5-10(7-13(12)19-3)14(17)15-11(8-16)9-18-2/h5-7,11,16H,4,8-9H2,1-3H3,(H,15,17). The maximum atomic E-state index is 12.1. The number of carbonyl (C=O) groups excluding carboxylic acids is 1. The van der Waals surface area contributed by atoms with E-state index in [1.54, 1.807) is 18.2 Å². The summed E-state index contributed by atoms with van der Waals surface area (Å²) in [5.74, 6) is 0.774. The molecule has 0 aromatic heterocycles. The molecule has 0 spiro atoms. The second-order valence-corrected chi connectivity index (χ2v) is 4.11. The molecule has 0 fully saturated rings. The minimum Gasteiger partial charge on any atom is -0.493 e. The number of hydrogen-bond acceptors (Lipinski definition) is 5. The summed E-state index contributed by atoms with van der Waals surface area (Å²) >= 11 is 0. The van der Waals surface area contributed by atoms with Crippen LogP contribution in [0.4, 0.5) is 0 Å². The van der Waals surface area contributed by atoms with Gasteiger partial charge in [0.15, 0.2) is 11.5 Å². The third-order valence-corrected chi connectivity index (χ3v) is 2.65. The quantitative estimate of drug-likeness (QED) is 0.739. The summed E-state index contributed by atoms with van der Waals surface area (Å²) in [6.07, 6.45) is 0. The Morgan fingerprint density at radius 2 is 2.10 bits per heavy atom. The number of ether oxygens (including phenoxy) is 3. The second kappa shape index (κ2) is 8.39. The van der Waals surface area contributed by atoms with E-state index in [0.717, 1.165) is 0 Å². The third-order valence-electron chi connectivity index (χ3n) is 2.65. The van der Waals surface area contributed by atoms with Crippen LogP contribution in [-0.4, -0.2) is 51.1 Å². The van der Waals surface area contributed by atoms with Gasteiger partial charge in [-0.1, -0.05) is 0 Å². The van der Waals surface area contributed by atoms with Gasteiger partial charge in [0.1, 0.15) is 0 Å². The fourth-order valence-corrected chi connectivity index (χ4v) is 1.69. The summed E-state index contributed by atoms with van der Waals surface area (Å²) < 4.78 is 15.5. The van der Waals surface area contributed by atoms with Crippen molar-refractivity contribution >= 4 is 5.91 Å². The Morgan fingerprint density at radius 3 is 2.65 bits per heavy atom. The number of nitrogens with one attached hydrogen (secondary N) is 1. The van der Waals surface area contributed by atoms with Gasteiger partial charge in [-0.3, -0.25) is 4.79 Å². The van der Waals surface area contributed by atoms with Crippen molar-refractivity contribution in [3.8, 4) is 11.5 Å². The van der Waals surface area contributed by atoms with E-state index in [0.29, 0.717) is 23.7 Å². The molecular weight excluding hydrogens is 262 g/mol. The van der Waals surface area contributed by atoms with Gasteiger partial charge in [0.05, 0.1) is 33.0 Å². The Labute approximate surface area is 118 Å². The van der Waals surface area contributed by atoms with Crippen molar-refractivity contribution < 1.29 is 24.1 Å². The second-order valence-electron chi connectivity index (χ2n) is 4.11. The lowest BCUT2D eigenvalue weighted by atomic mass is 10.1. The molecule has 1 aromatic rings. The van der Waals surface area contributed by atoms with Crippen molar-refractivity contribution in [2.75, 3.05) is 34.0 Å². The normalized spacial score (nSPS) is 11.8. The zero-order valence-corrected chi connectivity index (χ0v) is 12.0. The Kier molecular flexibility index (Phi) is 6.83. The van der Waals surface area contributed by atoms with Crippen LogP contribution in [0.2, 0.25) is 0 Å². The average molecular weight is 283 g/mol. The van der Waals surface area contributed by atoms with E-state index in [4.69, 9.17) is 19.3 Å². The molecule has 2 N–H and O–H groups in total. The van der Waals surface area contributed by atoms with Gasteiger partial charge in [-0.25, -0.2) is 0 Å². The molecule has 0 radical (unpaired) electrons. The van der Waals surface area contributed by atoms with Crippen molar-refractivity contribution in [2.45, 2.75) is 13.0 Å². The molecule has 0 bridgehead atoms. The summed E-state index contributed by atoms with van der Waals surface area (Å²) in [6, 6.07) is 4.48. The zero-order chi connectivity index (χ0) is 15.0. The van der Waals surface area contributed by atoms with Crippen LogP contribution in [0.5, 0.6) is 11.5 Å². The highest BCUT2D eigenvalue weighted by Gasteiger charge is 2.15. The number of amides is 1. The van der Waals surface area contributed by atoms with Crippen molar-refractivity contribution in [2.24, 2.45) is 0 Å². The molecule has 0 aliphatic heterocycles. The maximum Gasteiger partial charge on any atom is 0.251 e. The van der Waals surface area contributed by atoms with E-state index >= 15 is 0 Å². The zero-order valence-electron chi connectivity index (χ0n) is 12.0. The molecule has 1 atom stereocenters. The molecule has 1 amide bonds. The van der Waals surface area contributed by atoms with Gasteiger partial charge in [-0.05, 0) is 25.1 Å². The minimum atomic E-state index is -0.440. The van der Waals surface area contributed by atoms with E-state index in [9.17, 15) is 4.79 Å². The van der Waals surface area contributed by atoms with E-state index in [2.05, 4.69) is 5.32 Å². The van der Waals surface area contributed by atoms with Gasteiger partial charge in [0.2, 0.25) is 0 Å². The maximum absolute atomic E-state index is 12.1. The summed E-state index contributed by atoms with van der Waals surface area (Å²) in [7, 11) is 3.02. The van der Waals surface area contributed by atoms with Crippen molar-refractivity contribution in [1.82, 2.24) is 5.32 Å². The highest BCUT2D eigenvalue weighted by molar-refractivity contribution is 5.95. The average Bonchev–Trinajstić information content (AvgIpc) is 2.47. The van der Waals surface area contributed by atoms with Gasteiger partial charge in [0, 0.05) is 12.7 Å². The van der Waals surface area contributed by atoms with Crippen molar-refractivity contribution in [3.63, 3.8) is 0 Å². The molecule has 0 aliphatic rings. The molecule has 1 rings (SSSR count). The first-order valence-corrected chi connectivity index (χ1v) is 6.37. The van der Waals surface area contributed by atoms with E-state index in [-0.39, 0.29) is 19.1 Å². The molecule has 6 heteroatoms. The number of aliphatic hydroxyl groups excluding tert-OH is 1. The fourth-order valence-electron chi connectivity index (χ4n) is 1.69. The van der Waals surface area contributed by atoms with Crippen molar-refractivity contribution in [1.29, 1.82) is 0 Å². The van der Waals surface area contributed by atoms with Gasteiger partial charge in [-0.15, -0.1) is 0 Å². The molecule has 1 unspecified atom stereocenters. The summed E-state index contributed by atoms with van der Waals surface area (Å²) in [4.78, 5) is 12.1. The molecule has 112 valence electrons. The van der Waals surface area contributed by atoms with E-state index < -0.39 is 6.04 Å². The molecule has 0 saturated carbocycles. The molecule has 20 heavy (non-hydrogen) atoms. The van der Waals surface area contributed by atoms with Crippen LogP contribution in [0.15, 0.2) is 18.2 Å². The van der Waals surface area contributed by atoms with Crippen LogP contribution < -0.4 is 14.8 Å². The number of methoxy groups -OCH3 is 2. The largest absolute Gasteiger partial charge is 0.493 e. The lowest BCUT2D eigenvalue weighted by Crippen LogP contribution is -2.40. The highest BCUT2D eigenvalue weighted by atomic mass is 16.5. The SMILES string of the molecule is CCOc1ccc(C(=O)NC(CO)COC)cc1OC. The van der Waals surface area contributed by atoms with Crippen LogP contribution in [0.25, 0.3) is 0 Å². The first-order valence-electron chi connectivity index (χ1n) is 6.37. The predicted octanol–water partition coefficient (Wildman–Crippen LogP) is 0.831. The summed E-state index contributed by atoms with van der Waals surface area (Å²) in [5.41, 5.74) is 0.430. The number of rotatable bonds is 8. The van der Waals surface area contributed by atoms with Gasteiger partial charge in [-0.2, -0.15) is 0 Å². The van der Waals surface area contributed by atoms with E-state index in [1.807, 2.05) is 6.92 Å². The third kappa shape index (κ3) is 4.40. The molecule has 0 saturated heterocycles. The number of aliphatic hydroxyl groups is 1. The van der Waals surface area contributed by atoms with Crippen LogP contribution in [0, 0.1) is 0 Å². The molecule has 0 aliphatic carbocycles.